The molecule has 524 valence electrons. The number of hydrazone groups is 2. The van der Waals surface area contributed by atoms with Crippen LogP contribution in [0.25, 0.3) is 11.1 Å². The molecule has 4 aromatic rings. The van der Waals surface area contributed by atoms with Gasteiger partial charge in [0, 0.05) is 123 Å². The number of aliphatic imine (C=N–C) groups is 2. The van der Waals surface area contributed by atoms with Crippen LogP contribution in [-0.4, -0.2) is 160 Å². The quantitative estimate of drug-likeness (QED) is 0.0102. The fraction of sp³-hybridized carbons (Fsp3) is 0.408. The van der Waals surface area contributed by atoms with Gasteiger partial charge >= 0.3 is 0 Å². The standard InChI is InChI=1S/C34H47N7O.C17H19NO.C13H21N5.C5H11NO.C3H6O.C2H5NO.C2H6/c1-7-8-12-28(19-29-15-17-32(37-23-29)34(42)35-5)13-10-9-11-27(4)40-41(6)24-33-38-30-16-14-25(2)21-36-22-26(3)18-31(20-30)39-33;1-12-10-17(11-18-14(12)3)16-8-6-15(7-9-16)5-4-13(2)19;1-10(18(4)16-3)9-17-12-6-5-11(8-14)7-13(12)15-2;1-3-6(4-2)5-7;1-3-4-2;1-3-2-4;1-2/h7-9,11,13-15,17-18,20,23,31,36H,10,12,16,19,21-22,24H2,1-6H3,(H,35,42)(H,38,39);6-11,19H,2,4-5H2,1,3H3;5-7,9-10,15H,3,8,14H2,1-2,4H3;5H,3-4H2,1-2H3;3H,1H2,2H3;2H,1H3,(H,3,4);1-2H3/b8-7?,11-9+,25-14+,26-18+,28-13?,40-27+;;;;;;. The van der Waals surface area contributed by atoms with E-state index in [1.807, 2.05) is 118 Å². The summed E-state index contributed by atoms with van der Waals surface area (Å²) < 4.78 is 4.31. The molecular formula is C76H115N15O5. The van der Waals surface area contributed by atoms with Crippen LogP contribution in [-0.2, 0) is 33.7 Å². The number of aliphatic hydroxyl groups excluding tert-OH is 1. The van der Waals surface area contributed by atoms with Gasteiger partial charge in [0.25, 0.3) is 5.91 Å². The number of pyridine rings is 2. The molecule has 0 spiro atoms. The Labute approximate surface area is 576 Å². The van der Waals surface area contributed by atoms with E-state index in [2.05, 4.69) is 171 Å². The number of carbonyl (C=O) groups is 3. The number of benzene rings is 2. The molecular weight excluding hydrogens is 1200 g/mol. The second-order valence-corrected chi connectivity index (χ2v) is 22.0. The number of nitrogens with one attached hydrogen (secondary N) is 5. The van der Waals surface area contributed by atoms with Crippen molar-refractivity contribution in [3.05, 3.63) is 203 Å². The fourth-order valence-electron chi connectivity index (χ4n) is 8.47. The van der Waals surface area contributed by atoms with Gasteiger partial charge in [-0.05, 0) is 152 Å². The maximum absolute atomic E-state index is 11.8. The summed E-state index contributed by atoms with van der Waals surface area (Å²) in [6.07, 6.45) is 30.6. The Kier molecular flexibility index (Phi) is 47.6. The van der Waals surface area contributed by atoms with Gasteiger partial charge in [0.1, 0.15) is 11.5 Å². The molecule has 2 atom stereocenters. The maximum atomic E-state index is 11.8. The Balaban J connectivity index is 0.00000138. The minimum absolute atomic E-state index is 0.0383. The van der Waals surface area contributed by atoms with Crippen LogP contribution in [0.1, 0.15) is 126 Å². The van der Waals surface area contributed by atoms with E-state index < -0.39 is 0 Å². The number of rotatable bonds is 26. The number of ether oxygens (including phenoxy) is 1. The zero-order valence-electron chi connectivity index (χ0n) is 60.8. The van der Waals surface area contributed by atoms with Crippen molar-refractivity contribution in [1.82, 2.24) is 46.2 Å². The Bertz CT molecular complexity index is 3200. The number of amides is 3. The summed E-state index contributed by atoms with van der Waals surface area (Å²) in [5, 5.41) is 36.4. The zero-order chi connectivity index (χ0) is 72.2. The number of nitrogens with zero attached hydrogens (tertiary/aromatic N) is 9. The second-order valence-electron chi connectivity index (χ2n) is 22.0. The molecule has 20 nitrogen and oxygen atoms in total. The smallest absolute Gasteiger partial charge is 0.269 e. The minimum atomic E-state index is -0.175. The summed E-state index contributed by atoms with van der Waals surface area (Å²) in [4.78, 5) is 50.5. The molecule has 0 saturated carbocycles. The van der Waals surface area contributed by atoms with Gasteiger partial charge in [-0.3, -0.25) is 44.4 Å². The van der Waals surface area contributed by atoms with Crippen LogP contribution >= 0.6 is 0 Å². The van der Waals surface area contributed by atoms with E-state index in [1.54, 1.807) is 43.4 Å². The van der Waals surface area contributed by atoms with Crippen LogP contribution in [0, 0.1) is 13.8 Å². The molecule has 2 aromatic heterocycles. The van der Waals surface area contributed by atoms with Gasteiger partial charge in [-0.15, -0.1) is 0 Å². The maximum Gasteiger partial charge on any atom is 0.269 e. The summed E-state index contributed by atoms with van der Waals surface area (Å²) >= 11 is 0. The van der Waals surface area contributed by atoms with Crippen molar-refractivity contribution < 1.29 is 24.2 Å². The van der Waals surface area contributed by atoms with Crippen molar-refractivity contribution >= 4 is 54.6 Å². The van der Waals surface area contributed by atoms with Crippen LogP contribution in [0.5, 0.6) is 0 Å². The van der Waals surface area contributed by atoms with Gasteiger partial charge in [0.2, 0.25) is 12.8 Å². The first-order valence-corrected chi connectivity index (χ1v) is 32.7. The first-order chi connectivity index (χ1) is 46.1. The van der Waals surface area contributed by atoms with Crippen LogP contribution in [0.4, 0.5) is 11.4 Å². The van der Waals surface area contributed by atoms with Gasteiger partial charge in [-0.1, -0.05) is 117 Å². The predicted octanol–water partition coefficient (Wildman–Crippen LogP) is 13.1. The van der Waals surface area contributed by atoms with Gasteiger partial charge in [0.05, 0.1) is 54.8 Å². The molecule has 0 radical (unpaired) electrons. The van der Waals surface area contributed by atoms with Gasteiger partial charge < -0.3 is 47.1 Å². The number of anilines is 1. The summed E-state index contributed by atoms with van der Waals surface area (Å²) in [5.74, 6) is 0.992. The largest absolute Gasteiger partial charge is 0.513 e. The van der Waals surface area contributed by atoms with Crippen LogP contribution in [0.3, 0.4) is 0 Å². The lowest BCUT2D eigenvalue weighted by Gasteiger charge is -2.23. The molecule has 8 N–H and O–H groups in total. The highest BCUT2D eigenvalue weighted by Crippen LogP contribution is 2.26. The Morgan fingerprint density at radius 3 is 2.11 bits per heavy atom. The van der Waals surface area contributed by atoms with Crippen molar-refractivity contribution in [2.45, 2.75) is 133 Å². The summed E-state index contributed by atoms with van der Waals surface area (Å²) in [5.41, 5.74) is 21.9. The number of allylic oxidation sites excluding steroid dienone is 8. The predicted molar refractivity (Wildman–Crippen MR) is 406 cm³/mol. The summed E-state index contributed by atoms with van der Waals surface area (Å²) in [7, 11) is 10.4. The normalized spacial score (nSPS) is 14.7. The average molecular weight is 1320 g/mol. The number of aromatic nitrogens is 2. The number of methoxy groups -OCH3 is 1. The van der Waals surface area contributed by atoms with E-state index in [9.17, 15) is 9.59 Å². The first kappa shape index (κ1) is 86.5. The third kappa shape index (κ3) is 38.0. The van der Waals surface area contributed by atoms with Crippen LogP contribution in [0.15, 0.2) is 189 Å². The molecule has 0 aliphatic carbocycles. The van der Waals surface area contributed by atoms with Crippen molar-refractivity contribution in [1.29, 1.82) is 0 Å². The Hall–Kier alpha value is -9.53. The molecule has 2 bridgehead atoms. The van der Waals surface area contributed by atoms with Crippen LogP contribution in [0.2, 0.25) is 0 Å². The Morgan fingerprint density at radius 1 is 0.917 bits per heavy atom. The summed E-state index contributed by atoms with van der Waals surface area (Å²) in [6, 6.07) is 20.4. The van der Waals surface area contributed by atoms with E-state index in [0.717, 1.165) is 110 Å². The highest BCUT2D eigenvalue weighted by atomic mass is 16.5. The van der Waals surface area contributed by atoms with Crippen LogP contribution < -0.4 is 32.3 Å². The molecule has 6 rings (SSSR count). The molecule has 4 heterocycles. The lowest BCUT2D eigenvalue weighted by molar-refractivity contribution is -0.117. The van der Waals surface area contributed by atoms with Gasteiger partial charge in [0.15, 0.2) is 0 Å². The molecule has 2 aliphatic rings. The highest BCUT2D eigenvalue weighted by Gasteiger charge is 2.16. The molecule has 0 saturated heterocycles. The number of hydrogen-bond acceptors (Lipinski definition) is 17. The third-order valence-corrected chi connectivity index (χ3v) is 14.2. The first-order valence-electron chi connectivity index (χ1n) is 32.7. The topological polar surface area (TPSA) is 252 Å². The number of carbonyl (C=O) groups excluding carboxylic acids is 3. The highest BCUT2D eigenvalue weighted by molar-refractivity contribution is 5.93. The number of hydrogen-bond donors (Lipinski definition) is 7. The fourth-order valence-corrected chi connectivity index (χ4v) is 8.47. The number of fused-ring (bicyclic) bond motifs is 1. The lowest BCUT2D eigenvalue weighted by Crippen LogP contribution is -2.36. The molecule has 20 heteroatoms. The molecule has 96 heavy (non-hydrogen) atoms. The third-order valence-electron chi connectivity index (χ3n) is 14.2. The van der Waals surface area contributed by atoms with E-state index >= 15 is 0 Å². The zero-order valence-corrected chi connectivity index (χ0v) is 60.8. The average Bonchev–Trinajstić information content (AvgIpc) is 0.981. The molecule has 3 amide bonds. The van der Waals surface area contributed by atoms with Crippen molar-refractivity contribution in [2.75, 3.05) is 80.4 Å². The van der Waals surface area contributed by atoms with E-state index in [0.29, 0.717) is 31.6 Å². The van der Waals surface area contributed by atoms with E-state index in [1.165, 1.54) is 45.4 Å². The number of likely N-dealkylation sites (N-methyl/N-ethyl adjacent to an activating group) is 1. The molecule has 2 unspecified atom stereocenters. The number of nitrogens with two attached hydrogens (primary N) is 1. The summed E-state index contributed by atoms with van der Waals surface area (Å²) in [6.45, 7) is 37.2. The van der Waals surface area contributed by atoms with Crippen molar-refractivity contribution in [3.63, 3.8) is 0 Å². The van der Waals surface area contributed by atoms with E-state index in [-0.39, 0.29) is 23.8 Å². The molecule has 2 aromatic carbocycles. The van der Waals surface area contributed by atoms with Gasteiger partial charge in [-0.25, -0.2) is 0 Å². The second kappa shape index (κ2) is 52.8. The van der Waals surface area contributed by atoms with E-state index in [4.69, 9.17) is 25.7 Å². The number of aryl methyl sites for hydroxylation is 3. The monoisotopic (exact) mass is 1320 g/mol. The minimum Gasteiger partial charge on any atom is -0.513 e. The number of amidine groups is 1. The van der Waals surface area contributed by atoms with Gasteiger partial charge in [-0.2, -0.15) is 10.2 Å². The lowest BCUT2D eigenvalue weighted by atomic mass is 10.0. The molecule has 2 aliphatic heterocycles. The van der Waals surface area contributed by atoms with Crippen molar-refractivity contribution in [3.8, 4) is 11.1 Å². The number of aliphatic hydroxyl groups is 1. The Morgan fingerprint density at radius 2 is 1.57 bits per heavy atom. The SMILES string of the molecule is C=C(O)CCc1ccc(-c2cnc(C)c(C)c2)cc1.C=COC.C=NN(C)C(C)C=Nc1ccc(CN)cc1NC.CC.CC=CCC(=CC/C=C/C(C)=N/N(C)CC1=NC2C=C(C/C=C(\C)CNC/C(C)=C/2)N1)Cc1ccc(C(=O)NC)nc1.CCN(C=O)CC.CNC=O. The molecule has 0 fully saturated rings. The van der Waals surface area contributed by atoms with Crippen molar-refractivity contribution in [2.24, 2.45) is 25.9 Å².